The van der Waals surface area contributed by atoms with E-state index in [0.29, 0.717) is 5.75 Å². The molecule has 0 unspecified atom stereocenters. The monoisotopic (exact) mass is 399 g/mol. The lowest BCUT2D eigenvalue weighted by molar-refractivity contribution is -0.137. The van der Waals surface area contributed by atoms with Crippen LogP contribution in [0.15, 0.2) is 36.4 Å². The molecule has 146 valence electrons. The predicted molar refractivity (Wildman–Crippen MR) is 100 cm³/mol. The quantitative estimate of drug-likeness (QED) is 0.650. The van der Waals surface area contributed by atoms with Crippen molar-refractivity contribution in [2.75, 3.05) is 5.32 Å². The fraction of sp³-hybridized carbons (Fsp3) is 0.350. The van der Waals surface area contributed by atoms with E-state index in [2.05, 4.69) is 5.32 Å². The van der Waals surface area contributed by atoms with Crippen molar-refractivity contribution in [1.29, 1.82) is 0 Å². The Morgan fingerprint density at radius 1 is 1.11 bits per heavy atom. The third-order valence-corrected chi connectivity index (χ3v) is 4.35. The Morgan fingerprint density at radius 3 is 2.37 bits per heavy atom. The number of rotatable bonds is 5. The normalized spacial score (nSPS) is 12.8. The summed E-state index contributed by atoms with van der Waals surface area (Å²) >= 11 is 5.92. The van der Waals surface area contributed by atoms with Crippen LogP contribution in [0.1, 0.15) is 43.4 Å². The van der Waals surface area contributed by atoms with Gasteiger partial charge in [-0.1, -0.05) is 37.6 Å². The number of hydrogen-bond acceptors (Lipinski definition) is 2. The van der Waals surface area contributed by atoms with Gasteiger partial charge in [0.1, 0.15) is 5.75 Å². The summed E-state index contributed by atoms with van der Waals surface area (Å²) in [5.41, 5.74) is 0.914. The van der Waals surface area contributed by atoms with E-state index in [1.165, 1.54) is 6.92 Å². The van der Waals surface area contributed by atoms with Crippen LogP contribution in [0.2, 0.25) is 5.02 Å². The average molecular weight is 400 g/mol. The Kier molecular flexibility index (Phi) is 6.42. The molecular weight excluding hydrogens is 379 g/mol. The smallest absolute Gasteiger partial charge is 0.416 e. The molecule has 27 heavy (non-hydrogen) atoms. The zero-order chi connectivity index (χ0) is 20.4. The van der Waals surface area contributed by atoms with Crippen LogP contribution in [0, 0.1) is 6.92 Å². The number of benzene rings is 2. The highest BCUT2D eigenvalue weighted by Crippen LogP contribution is 2.34. The standard InChI is InChI=1S/C20H21ClF3NO2/c1-11(2)15-7-5-12(3)9-18(15)27-13(4)19(26)25-17-10-14(20(22,23)24)6-8-16(17)21/h5-11,13H,1-4H3,(H,25,26)/t13-/m1/s1. The molecule has 1 atom stereocenters. The van der Waals surface area contributed by atoms with E-state index in [-0.39, 0.29) is 16.6 Å². The number of hydrogen-bond donors (Lipinski definition) is 1. The minimum Gasteiger partial charge on any atom is -0.481 e. The Bertz CT molecular complexity index is 834. The fourth-order valence-electron chi connectivity index (χ4n) is 2.50. The number of amides is 1. The van der Waals surface area contributed by atoms with Crippen LogP contribution < -0.4 is 10.1 Å². The molecule has 0 aliphatic heterocycles. The summed E-state index contributed by atoms with van der Waals surface area (Å²) < 4.78 is 44.4. The molecule has 2 aromatic carbocycles. The number of carbonyl (C=O) groups is 1. The van der Waals surface area contributed by atoms with Gasteiger partial charge in [-0.2, -0.15) is 13.2 Å². The first-order chi connectivity index (χ1) is 12.5. The molecule has 0 spiro atoms. The van der Waals surface area contributed by atoms with E-state index < -0.39 is 23.8 Å². The van der Waals surface area contributed by atoms with Gasteiger partial charge >= 0.3 is 6.18 Å². The third kappa shape index (κ3) is 5.39. The Morgan fingerprint density at radius 2 is 1.78 bits per heavy atom. The molecule has 2 aromatic rings. The minimum absolute atomic E-state index is 0.0157. The van der Waals surface area contributed by atoms with Crippen LogP contribution in [0.5, 0.6) is 5.75 Å². The number of halogens is 4. The van der Waals surface area contributed by atoms with Crippen molar-refractivity contribution < 1.29 is 22.7 Å². The van der Waals surface area contributed by atoms with Crippen LogP contribution in [0.25, 0.3) is 0 Å². The zero-order valence-electron chi connectivity index (χ0n) is 15.4. The summed E-state index contributed by atoms with van der Waals surface area (Å²) in [5, 5.41) is 2.43. The highest BCUT2D eigenvalue weighted by atomic mass is 35.5. The average Bonchev–Trinajstić information content (AvgIpc) is 2.55. The second-order valence-corrected chi connectivity index (χ2v) is 7.04. The molecule has 0 bridgehead atoms. The Labute approximate surface area is 161 Å². The first-order valence-electron chi connectivity index (χ1n) is 8.44. The maximum atomic E-state index is 12.9. The summed E-state index contributed by atoms with van der Waals surface area (Å²) in [4.78, 5) is 12.4. The molecule has 1 N–H and O–H groups in total. The van der Waals surface area contributed by atoms with Crippen molar-refractivity contribution in [3.05, 3.63) is 58.1 Å². The van der Waals surface area contributed by atoms with E-state index in [4.69, 9.17) is 16.3 Å². The lowest BCUT2D eigenvalue weighted by Gasteiger charge is -2.20. The summed E-state index contributed by atoms with van der Waals surface area (Å²) in [7, 11) is 0. The van der Waals surface area contributed by atoms with Crippen molar-refractivity contribution in [2.45, 2.75) is 45.9 Å². The predicted octanol–water partition coefficient (Wildman–Crippen LogP) is 6.20. The number of nitrogens with one attached hydrogen (secondary N) is 1. The number of anilines is 1. The second-order valence-electron chi connectivity index (χ2n) is 6.64. The van der Waals surface area contributed by atoms with Crippen molar-refractivity contribution in [1.82, 2.24) is 0 Å². The molecule has 2 rings (SSSR count). The molecular formula is C20H21ClF3NO2. The van der Waals surface area contributed by atoms with Crippen molar-refractivity contribution in [3.63, 3.8) is 0 Å². The summed E-state index contributed by atoms with van der Waals surface area (Å²) in [6.45, 7) is 7.45. The number of ether oxygens (including phenoxy) is 1. The van der Waals surface area contributed by atoms with Gasteiger partial charge in [-0.15, -0.1) is 0 Å². The molecule has 0 fully saturated rings. The minimum atomic E-state index is -4.53. The third-order valence-electron chi connectivity index (χ3n) is 4.02. The maximum Gasteiger partial charge on any atom is 0.416 e. The zero-order valence-corrected chi connectivity index (χ0v) is 16.2. The van der Waals surface area contributed by atoms with Gasteiger partial charge in [-0.25, -0.2) is 0 Å². The SMILES string of the molecule is Cc1ccc(C(C)C)c(O[C@H](C)C(=O)Nc2cc(C(F)(F)F)ccc2Cl)c1. The van der Waals surface area contributed by atoms with Crippen LogP contribution in [0.4, 0.5) is 18.9 Å². The first-order valence-corrected chi connectivity index (χ1v) is 8.81. The van der Waals surface area contributed by atoms with Crippen LogP contribution in [-0.2, 0) is 11.0 Å². The number of alkyl halides is 3. The molecule has 0 saturated carbocycles. The van der Waals surface area contributed by atoms with Gasteiger partial charge in [0.25, 0.3) is 5.91 Å². The van der Waals surface area contributed by atoms with E-state index in [1.807, 2.05) is 39.0 Å². The molecule has 0 saturated heterocycles. The van der Waals surface area contributed by atoms with E-state index in [9.17, 15) is 18.0 Å². The van der Waals surface area contributed by atoms with Gasteiger partial charge in [0.2, 0.25) is 0 Å². The van der Waals surface area contributed by atoms with E-state index in [1.54, 1.807) is 0 Å². The van der Waals surface area contributed by atoms with Crippen LogP contribution >= 0.6 is 11.6 Å². The molecule has 3 nitrogen and oxygen atoms in total. The van der Waals surface area contributed by atoms with Gasteiger partial charge in [-0.05, 0) is 55.2 Å². The summed E-state index contributed by atoms with van der Waals surface area (Å²) in [6.07, 6.45) is -5.45. The van der Waals surface area contributed by atoms with Crippen molar-refractivity contribution in [3.8, 4) is 5.75 Å². The lowest BCUT2D eigenvalue weighted by atomic mass is 10.0. The molecule has 7 heteroatoms. The molecule has 0 aliphatic rings. The van der Waals surface area contributed by atoms with Gasteiger partial charge in [0.15, 0.2) is 6.10 Å². The summed E-state index contributed by atoms with van der Waals surface area (Å²) in [6, 6.07) is 8.48. The Hall–Kier alpha value is -2.21. The van der Waals surface area contributed by atoms with Crippen LogP contribution in [0.3, 0.4) is 0 Å². The number of carbonyl (C=O) groups excluding carboxylic acids is 1. The maximum absolute atomic E-state index is 12.9. The van der Waals surface area contributed by atoms with Gasteiger partial charge in [-0.3, -0.25) is 4.79 Å². The molecule has 0 aromatic heterocycles. The topological polar surface area (TPSA) is 38.3 Å². The second kappa shape index (κ2) is 8.21. The largest absolute Gasteiger partial charge is 0.481 e. The first kappa shape index (κ1) is 21.1. The molecule has 0 aliphatic carbocycles. The van der Waals surface area contributed by atoms with Gasteiger partial charge < -0.3 is 10.1 Å². The molecule has 0 heterocycles. The van der Waals surface area contributed by atoms with Gasteiger partial charge in [0, 0.05) is 0 Å². The van der Waals surface area contributed by atoms with Crippen molar-refractivity contribution in [2.24, 2.45) is 0 Å². The van der Waals surface area contributed by atoms with E-state index in [0.717, 1.165) is 29.3 Å². The van der Waals surface area contributed by atoms with E-state index >= 15 is 0 Å². The Balaban J connectivity index is 2.19. The van der Waals surface area contributed by atoms with Crippen LogP contribution in [-0.4, -0.2) is 12.0 Å². The highest BCUT2D eigenvalue weighted by Gasteiger charge is 2.31. The van der Waals surface area contributed by atoms with Crippen molar-refractivity contribution >= 4 is 23.2 Å². The summed E-state index contributed by atoms with van der Waals surface area (Å²) in [5.74, 6) is 0.170. The van der Waals surface area contributed by atoms with Gasteiger partial charge in [0.05, 0.1) is 16.3 Å². The number of aryl methyl sites for hydroxylation is 1. The highest BCUT2D eigenvalue weighted by molar-refractivity contribution is 6.33. The lowest BCUT2D eigenvalue weighted by Crippen LogP contribution is -2.30. The molecule has 0 radical (unpaired) electrons. The fourth-order valence-corrected chi connectivity index (χ4v) is 2.66. The molecule has 1 amide bonds.